The number of nitrogen functional groups attached to an aromatic ring is 1. The van der Waals surface area contributed by atoms with Crippen molar-refractivity contribution in [2.24, 2.45) is 5.92 Å². The van der Waals surface area contributed by atoms with Crippen molar-refractivity contribution in [1.29, 1.82) is 0 Å². The highest BCUT2D eigenvalue weighted by molar-refractivity contribution is 6.28. The second-order valence-corrected chi connectivity index (χ2v) is 5.64. The standard InChI is InChI=1S/C12H16ClN5O2/c1-5(2)9-6(19)3-7(20-9)18-4-15-8-10(14)16-12(13)17-11(8)18/h4-7,9,19H,3H2,1-2H3,(H2,14,16,17)/t6-,7-,9-/m1/s1. The first kappa shape index (κ1) is 13.5. The number of ether oxygens (including phenoxy) is 1. The van der Waals surface area contributed by atoms with Gasteiger partial charge in [0.15, 0.2) is 11.5 Å². The summed E-state index contributed by atoms with van der Waals surface area (Å²) in [5.41, 5.74) is 6.77. The van der Waals surface area contributed by atoms with E-state index in [4.69, 9.17) is 22.1 Å². The van der Waals surface area contributed by atoms with E-state index in [1.54, 1.807) is 10.9 Å². The van der Waals surface area contributed by atoms with Crippen LogP contribution in [-0.2, 0) is 4.74 Å². The van der Waals surface area contributed by atoms with E-state index in [0.717, 1.165) is 0 Å². The highest BCUT2D eigenvalue weighted by Gasteiger charge is 2.37. The number of hydrogen-bond acceptors (Lipinski definition) is 6. The van der Waals surface area contributed by atoms with Crippen molar-refractivity contribution in [3.8, 4) is 0 Å². The van der Waals surface area contributed by atoms with Gasteiger partial charge in [-0.05, 0) is 17.5 Å². The molecule has 108 valence electrons. The topological polar surface area (TPSA) is 99.1 Å². The molecule has 2 aromatic heterocycles. The first-order chi connectivity index (χ1) is 9.47. The average molecular weight is 298 g/mol. The first-order valence-electron chi connectivity index (χ1n) is 6.46. The molecule has 0 aliphatic carbocycles. The molecule has 0 amide bonds. The van der Waals surface area contributed by atoms with E-state index in [1.165, 1.54) is 0 Å². The summed E-state index contributed by atoms with van der Waals surface area (Å²) in [6.45, 7) is 4.03. The van der Waals surface area contributed by atoms with Gasteiger partial charge in [0.25, 0.3) is 0 Å². The van der Waals surface area contributed by atoms with Crippen LogP contribution in [0.1, 0.15) is 26.5 Å². The van der Waals surface area contributed by atoms with Crippen LogP contribution < -0.4 is 5.73 Å². The van der Waals surface area contributed by atoms with Crippen molar-refractivity contribution >= 4 is 28.6 Å². The molecular formula is C12H16ClN5O2. The van der Waals surface area contributed by atoms with Gasteiger partial charge in [-0.2, -0.15) is 9.97 Å². The highest BCUT2D eigenvalue weighted by atomic mass is 35.5. The molecule has 7 nitrogen and oxygen atoms in total. The molecule has 20 heavy (non-hydrogen) atoms. The molecule has 3 rings (SSSR count). The lowest BCUT2D eigenvalue weighted by atomic mass is 10.0. The van der Waals surface area contributed by atoms with Crippen LogP contribution >= 0.6 is 11.6 Å². The summed E-state index contributed by atoms with van der Waals surface area (Å²) in [6.07, 6.45) is 1.04. The van der Waals surface area contributed by atoms with Crippen molar-refractivity contribution in [3.63, 3.8) is 0 Å². The molecule has 3 N–H and O–H groups in total. The molecule has 0 bridgehead atoms. The SMILES string of the molecule is CC(C)[C@H]1O[C@@H](n2cnc3c(N)nc(Cl)nc32)C[C@H]1O. The molecule has 3 atom stereocenters. The maximum atomic E-state index is 10.1. The second kappa shape index (κ2) is 4.83. The van der Waals surface area contributed by atoms with Gasteiger partial charge in [-0.15, -0.1) is 0 Å². The highest BCUT2D eigenvalue weighted by Crippen LogP contribution is 2.34. The third-order valence-electron chi connectivity index (χ3n) is 3.52. The Bertz CT molecular complexity index is 644. The molecule has 1 aliphatic rings. The largest absolute Gasteiger partial charge is 0.390 e. The van der Waals surface area contributed by atoms with E-state index in [2.05, 4.69) is 15.0 Å². The van der Waals surface area contributed by atoms with Gasteiger partial charge in [-0.25, -0.2) is 4.98 Å². The zero-order valence-corrected chi connectivity index (χ0v) is 11.9. The van der Waals surface area contributed by atoms with Gasteiger partial charge in [0.05, 0.1) is 18.5 Å². The summed E-state index contributed by atoms with van der Waals surface area (Å²) >= 11 is 5.83. The van der Waals surface area contributed by atoms with E-state index in [9.17, 15) is 5.11 Å². The lowest BCUT2D eigenvalue weighted by Crippen LogP contribution is -2.26. The minimum absolute atomic E-state index is 0.0655. The van der Waals surface area contributed by atoms with Crippen LogP contribution in [-0.4, -0.2) is 36.8 Å². The van der Waals surface area contributed by atoms with Crippen molar-refractivity contribution in [2.75, 3.05) is 5.73 Å². The quantitative estimate of drug-likeness (QED) is 0.812. The van der Waals surface area contributed by atoms with Gasteiger partial charge in [-0.1, -0.05) is 13.8 Å². The molecule has 3 heterocycles. The predicted molar refractivity (Wildman–Crippen MR) is 74.1 cm³/mol. The molecule has 1 fully saturated rings. The number of hydrogen-bond donors (Lipinski definition) is 2. The molecule has 8 heteroatoms. The van der Waals surface area contributed by atoms with Gasteiger partial charge >= 0.3 is 0 Å². The van der Waals surface area contributed by atoms with Crippen LogP contribution in [0.25, 0.3) is 11.2 Å². The van der Waals surface area contributed by atoms with Gasteiger partial charge in [0.1, 0.15) is 11.7 Å². The summed E-state index contributed by atoms with van der Waals surface area (Å²) in [5, 5.41) is 10.1. The van der Waals surface area contributed by atoms with Crippen LogP contribution in [0.2, 0.25) is 5.28 Å². The normalized spacial score (nSPS) is 26.8. The number of nitrogens with two attached hydrogens (primary N) is 1. The van der Waals surface area contributed by atoms with E-state index in [0.29, 0.717) is 17.6 Å². The Morgan fingerprint density at radius 3 is 2.90 bits per heavy atom. The van der Waals surface area contributed by atoms with Gasteiger partial charge in [-0.3, -0.25) is 4.57 Å². The zero-order chi connectivity index (χ0) is 14.4. The van der Waals surface area contributed by atoms with Gasteiger partial charge < -0.3 is 15.6 Å². The Hall–Kier alpha value is -1.44. The minimum atomic E-state index is -0.507. The Kier molecular flexibility index (Phi) is 3.27. The smallest absolute Gasteiger partial charge is 0.226 e. The Morgan fingerprint density at radius 2 is 2.25 bits per heavy atom. The minimum Gasteiger partial charge on any atom is -0.390 e. The monoisotopic (exact) mass is 297 g/mol. The molecule has 1 saturated heterocycles. The van der Waals surface area contributed by atoms with Gasteiger partial charge in [0.2, 0.25) is 5.28 Å². The lowest BCUT2D eigenvalue weighted by molar-refractivity contribution is -0.0401. The zero-order valence-electron chi connectivity index (χ0n) is 11.2. The van der Waals surface area contributed by atoms with Gasteiger partial charge in [0, 0.05) is 6.42 Å². The number of anilines is 1. The fourth-order valence-electron chi connectivity index (χ4n) is 2.57. The first-order valence-corrected chi connectivity index (χ1v) is 6.84. The van der Waals surface area contributed by atoms with Crippen molar-refractivity contribution in [2.45, 2.75) is 38.7 Å². The van der Waals surface area contributed by atoms with Crippen LogP contribution in [0.15, 0.2) is 6.33 Å². The number of aromatic nitrogens is 4. The summed E-state index contributed by atoms with van der Waals surface area (Å²) < 4.78 is 7.64. The third kappa shape index (κ3) is 2.11. The molecule has 2 aromatic rings. The predicted octanol–water partition coefficient (Wildman–Crippen LogP) is 1.37. The number of aliphatic hydroxyl groups is 1. The third-order valence-corrected chi connectivity index (χ3v) is 3.69. The summed E-state index contributed by atoms with van der Waals surface area (Å²) in [4.78, 5) is 12.2. The van der Waals surface area contributed by atoms with Crippen molar-refractivity contribution < 1.29 is 9.84 Å². The number of fused-ring (bicyclic) bond motifs is 1. The second-order valence-electron chi connectivity index (χ2n) is 5.30. The Labute approximate surface area is 120 Å². The maximum Gasteiger partial charge on any atom is 0.226 e. The molecule has 1 aliphatic heterocycles. The van der Waals surface area contributed by atoms with Crippen LogP contribution in [0.3, 0.4) is 0 Å². The number of aliphatic hydroxyl groups excluding tert-OH is 1. The Balaban J connectivity index is 2.00. The number of rotatable bonds is 2. The summed E-state index contributed by atoms with van der Waals surface area (Å²) in [6, 6.07) is 0. The maximum absolute atomic E-state index is 10.1. The fraction of sp³-hybridized carbons (Fsp3) is 0.583. The van der Waals surface area contributed by atoms with E-state index < -0.39 is 6.10 Å². The summed E-state index contributed by atoms with van der Waals surface area (Å²) in [7, 11) is 0. The summed E-state index contributed by atoms with van der Waals surface area (Å²) in [5.74, 6) is 0.464. The Morgan fingerprint density at radius 1 is 1.50 bits per heavy atom. The molecule has 0 aromatic carbocycles. The number of halogens is 1. The van der Waals surface area contributed by atoms with Crippen LogP contribution in [0.4, 0.5) is 5.82 Å². The van der Waals surface area contributed by atoms with Crippen LogP contribution in [0.5, 0.6) is 0 Å². The molecular weight excluding hydrogens is 282 g/mol. The molecule has 0 unspecified atom stereocenters. The molecule has 0 saturated carbocycles. The molecule has 0 spiro atoms. The van der Waals surface area contributed by atoms with E-state index in [-0.39, 0.29) is 29.4 Å². The van der Waals surface area contributed by atoms with E-state index in [1.807, 2.05) is 13.8 Å². The lowest BCUT2D eigenvalue weighted by Gasteiger charge is -2.18. The fourth-order valence-corrected chi connectivity index (χ4v) is 2.74. The molecule has 0 radical (unpaired) electrons. The number of imidazole rings is 1. The average Bonchev–Trinajstić information content (AvgIpc) is 2.92. The number of nitrogens with zero attached hydrogens (tertiary/aromatic N) is 4. The van der Waals surface area contributed by atoms with Crippen molar-refractivity contribution in [1.82, 2.24) is 19.5 Å². The van der Waals surface area contributed by atoms with E-state index >= 15 is 0 Å². The van der Waals surface area contributed by atoms with Crippen molar-refractivity contribution in [3.05, 3.63) is 11.6 Å². The van der Waals surface area contributed by atoms with Crippen LogP contribution in [0, 0.1) is 5.92 Å².